The predicted molar refractivity (Wildman–Crippen MR) is 88.7 cm³/mol. The van der Waals surface area contributed by atoms with Crippen molar-refractivity contribution in [3.8, 4) is 0 Å². The second-order valence-electron chi connectivity index (χ2n) is 6.54. The summed E-state index contributed by atoms with van der Waals surface area (Å²) in [5.41, 5.74) is 2.16. The normalized spacial score (nSPS) is 16.4. The molecule has 1 fully saturated rings. The Kier molecular flexibility index (Phi) is 5.80. The van der Waals surface area contributed by atoms with Crippen LogP contribution in [0.5, 0.6) is 0 Å². The molecular formula is C18H28N2O. The van der Waals surface area contributed by atoms with Crippen molar-refractivity contribution >= 4 is 11.6 Å². The SMILES string of the molecule is CC(C)c1cccc(NC(=O)CN(C)C2CCCCC2)c1. The van der Waals surface area contributed by atoms with Crippen LogP contribution < -0.4 is 5.32 Å². The van der Waals surface area contributed by atoms with Gasteiger partial charge in [0.2, 0.25) is 5.91 Å². The smallest absolute Gasteiger partial charge is 0.238 e. The number of likely N-dealkylation sites (N-methyl/N-ethyl adjacent to an activating group) is 1. The van der Waals surface area contributed by atoms with E-state index < -0.39 is 0 Å². The van der Waals surface area contributed by atoms with Gasteiger partial charge in [0.15, 0.2) is 0 Å². The van der Waals surface area contributed by atoms with E-state index in [1.54, 1.807) is 0 Å². The number of hydrogen-bond acceptors (Lipinski definition) is 2. The maximum Gasteiger partial charge on any atom is 0.238 e. The zero-order valence-corrected chi connectivity index (χ0v) is 13.6. The molecule has 0 unspecified atom stereocenters. The molecule has 21 heavy (non-hydrogen) atoms. The fourth-order valence-corrected chi connectivity index (χ4v) is 3.05. The summed E-state index contributed by atoms with van der Waals surface area (Å²) in [4.78, 5) is 14.4. The fourth-order valence-electron chi connectivity index (χ4n) is 3.05. The molecule has 0 saturated heterocycles. The minimum atomic E-state index is 0.0870. The first kappa shape index (κ1) is 16.0. The summed E-state index contributed by atoms with van der Waals surface area (Å²) in [6.07, 6.45) is 6.40. The molecule has 0 heterocycles. The quantitative estimate of drug-likeness (QED) is 0.887. The number of rotatable bonds is 5. The predicted octanol–water partition coefficient (Wildman–Crippen LogP) is 4.01. The van der Waals surface area contributed by atoms with Gasteiger partial charge in [0, 0.05) is 11.7 Å². The Hall–Kier alpha value is -1.35. The molecule has 1 amide bonds. The fraction of sp³-hybridized carbons (Fsp3) is 0.611. The van der Waals surface area contributed by atoms with Crippen LogP contribution in [-0.4, -0.2) is 30.4 Å². The van der Waals surface area contributed by atoms with E-state index in [2.05, 4.69) is 43.2 Å². The van der Waals surface area contributed by atoms with Crippen molar-refractivity contribution in [2.75, 3.05) is 18.9 Å². The van der Waals surface area contributed by atoms with E-state index in [1.807, 2.05) is 12.1 Å². The van der Waals surface area contributed by atoms with Gasteiger partial charge in [-0.3, -0.25) is 9.69 Å². The molecule has 116 valence electrons. The van der Waals surface area contributed by atoms with Crippen LogP contribution in [0.1, 0.15) is 57.4 Å². The molecule has 3 nitrogen and oxygen atoms in total. The van der Waals surface area contributed by atoms with Gasteiger partial charge < -0.3 is 5.32 Å². The van der Waals surface area contributed by atoms with Gasteiger partial charge in [-0.2, -0.15) is 0 Å². The molecule has 2 rings (SSSR count). The lowest BCUT2D eigenvalue weighted by atomic mass is 9.94. The van der Waals surface area contributed by atoms with E-state index in [9.17, 15) is 4.79 Å². The van der Waals surface area contributed by atoms with Gasteiger partial charge in [-0.25, -0.2) is 0 Å². The van der Waals surface area contributed by atoms with Gasteiger partial charge in [-0.1, -0.05) is 45.2 Å². The molecule has 1 aliphatic carbocycles. The maximum absolute atomic E-state index is 12.2. The number of nitrogens with one attached hydrogen (secondary N) is 1. The average molecular weight is 288 g/mol. The minimum Gasteiger partial charge on any atom is -0.325 e. The number of benzene rings is 1. The molecule has 0 spiro atoms. The van der Waals surface area contributed by atoms with Crippen molar-refractivity contribution in [3.63, 3.8) is 0 Å². The summed E-state index contributed by atoms with van der Waals surface area (Å²) < 4.78 is 0. The van der Waals surface area contributed by atoms with Gasteiger partial charge in [-0.05, 0) is 43.5 Å². The second kappa shape index (κ2) is 7.60. The van der Waals surface area contributed by atoms with Crippen LogP contribution in [0, 0.1) is 0 Å². The Morgan fingerprint density at radius 3 is 2.67 bits per heavy atom. The first-order valence-electron chi connectivity index (χ1n) is 8.16. The molecule has 0 radical (unpaired) electrons. The highest BCUT2D eigenvalue weighted by Crippen LogP contribution is 2.22. The molecule has 1 aliphatic rings. The highest BCUT2D eigenvalue weighted by atomic mass is 16.2. The summed E-state index contributed by atoms with van der Waals surface area (Å²) in [6, 6.07) is 8.73. The van der Waals surface area contributed by atoms with Gasteiger partial charge in [-0.15, -0.1) is 0 Å². The molecular weight excluding hydrogens is 260 g/mol. The van der Waals surface area contributed by atoms with Gasteiger partial charge >= 0.3 is 0 Å². The van der Waals surface area contributed by atoms with Gasteiger partial charge in [0.05, 0.1) is 6.54 Å². The van der Waals surface area contributed by atoms with Crippen LogP contribution >= 0.6 is 0 Å². The summed E-state index contributed by atoms with van der Waals surface area (Å²) in [7, 11) is 2.07. The molecule has 3 heteroatoms. The third-order valence-electron chi connectivity index (χ3n) is 4.43. The summed E-state index contributed by atoms with van der Waals surface area (Å²) in [5.74, 6) is 0.566. The van der Waals surface area contributed by atoms with Crippen molar-refractivity contribution in [1.82, 2.24) is 4.90 Å². The van der Waals surface area contributed by atoms with E-state index in [4.69, 9.17) is 0 Å². The van der Waals surface area contributed by atoms with E-state index >= 15 is 0 Å². The number of hydrogen-bond donors (Lipinski definition) is 1. The van der Waals surface area contributed by atoms with E-state index in [1.165, 1.54) is 37.7 Å². The summed E-state index contributed by atoms with van der Waals surface area (Å²) >= 11 is 0. The number of carbonyl (C=O) groups is 1. The molecule has 0 aliphatic heterocycles. The number of carbonyl (C=O) groups excluding carboxylic acids is 1. The molecule has 1 aromatic carbocycles. The van der Waals surface area contributed by atoms with Crippen LogP contribution in [0.3, 0.4) is 0 Å². The third-order valence-corrected chi connectivity index (χ3v) is 4.43. The molecule has 1 N–H and O–H groups in total. The van der Waals surface area contributed by atoms with Crippen LogP contribution in [0.25, 0.3) is 0 Å². The zero-order valence-electron chi connectivity index (χ0n) is 13.6. The first-order chi connectivity index (χ1) is 10.1. The average Bonchev–Trinajstić information content (AvgIpc) is 2.48. The lowest BCUT2D eigenvalue weighted by molar-refractivity contribution is -0.117. The van der Waals surface area contributed by atoms with Crippen LogP contribution in [0.2, 0.25) is 0 Å². The minimum absolute atomic E-state index is 0.0870. The van der Waals surface area contributed by atoms with Crippen LogP contribution in [-0.2, 0) is 4.79 Å². The Bertz CT molecular complexity index is 464. The van der Waals surface area contributed by atoms with Crippen molar-refractivity contribution in [2.45, 2.75) is 57.9 Å². The highest BCUT2D eigenvalue weighted by molar-refractivity contribution is 5.92. The molecule has 0 bridgehead atoms. The molecule has 1 aromatic rings. The number of anilines is 1. The lowest BCUT2D eigenvalue weighted by Crippen LogP contribution is -2.39. The molecule has 0 atom stereocenters. The Morgan fingerprint density at radius 2 is 2.00 bits per heavy atom. The van der Waals surface area contributed by atoms with Gasteiger partial charge in [0.1, 0.15) is 0 Å². The van der Waals surface area contributed by atoms with E-state index in [-0.39, 0.29) is 5.91 Å². The van der Waals surface area contributed by atoms with Crippen molar-refractivity contribution in [3.05, 3.63) is 29.8 Å². The second-order valence-corrected chi connectivity index (χ2v) is 6.54. The number of nitrogens with zero attached hydrogens (tertiary/aromatic N) is 1. The van der Waals surface area contributed by atoms with Crippen molar-refractivity contribution < 1.29 is 4.79 Å². The zero-order chi connectivity index (χ0) is 15.2. The highest BCUT2D eigenvalue weighted by Gasteiger charge is 2.19. The summed E-state index contributed by atoms with van der Waals surface area (Å²) in [5, 5.41) is 3.03. The summed E-state index contributed by atoms with van der Waals surface area (Å²) in [6.45, 7) is 4.81. The monoisotopic (exact) mass is 288 g/mol. The molecule has 0 aromatic heterocycles. The van der Waals surface area contributed by atoms with Crippen molar-refractivity contribution in [1.29, 1.82) is 0 Å². The maximum atomic E-state index is 12.2. The number of amides is 1. The largest absolute Gasteiger partial charge is 0.325 e. The van der Waals surface area contributed by atoms with Crippen LogP contribution in [0.15, 0.2) is 24.3 Å². The van der Waals surface area contributed by atoms with Crippen molar-refractivity contribution in [2.24, 2.45) is 0 Å². The third kappa shape index (κ3) is 4.85. The van der Waals surface area contributed by atoms with E-state index in [0.717, 1.165) is 5.69 Å². The first-order valence-corrected chi connectivity index (χ1v) is 8.16. The Morgan fingerprint density at radius 1 is 1.29 bits per heavy atom. The Labute approximate surface area is 128 Å². The van der Waals surface area contributed by atoms with E-state index in [0.29, 0.717) is 18.5 Å². The van der Waals surface area contributed by atoms with Gasteiger partial charge in [0.25, 0.3) is 0 Å². The van der Waals surface area contributed by atoms with Crippen LogP contribution in [0.4, 0.5) is 5.69 Å². The Balaban J connectivity index is 1.87. The molecule has 1 saturated carbocycles. The topological polar surface area (TPSA) is 32.3 Å². The standard InChI is InChI=1S/C18H28N2O/c1-14(2)15-8-7-9-16(12-15)19-18(21)13-20(3)17-10-5-4-6-11-17/h7-9,12,14,17H,4-6,10-11,13H2,1-3H3,(H,19,21). The lowest BCUT2D eigenvalue weighted by Gasteiger charge is -2.30.